The van der Waals surface area contributed by atoms with Gasteiger partial charge < -0.3 is 9.13 Å². The molecule has 4 nitrogen and oxygen atoms in total. The van der Waals surface area contributed by atoms with Gasteiger partial charge in [-0.2, -0.15) is 0 Å². The maximum absolute atomic E-state index is 12.0. The molecule has 2 aromatic heterocycles. The van der Waals surface area contributed by atoms with Crippen molar-refractivity contribution in [3.8, 4) is 0 Å². The van der Waals surface area contributed by atoms with Gasteiger partial charge in [0, 0.05) is 22.9 Å². The lowest BCUT2D eigenvalue weighted by atomic mass is 10.4. The fourth-order valence-electron chi connectivity index (χ4n) is 1.99. The highest BCUT2D eigenvalue weighted by Crippen LogP contribution is 2.35. The van der Waals surface area contributed by atoms with Crippen molar-refractivity contribution in [2.75, 3.05) is 0 Å². The molecule has 1 aliphatic carbocycles. The number of rotatable bonds is 3. The SMILES string of the molecule is O=c1c(Br)cc(Br)cn1Cc1cncn1C1CC1. The fraction of sp³-hybridized carbons (Fsp3) is 0.333. The van der Waals surface area contributed by atoms with Crippen LogP contribution in [0.4, 0.5) is 0 Å². The van der Waals surface area contributed by atoms with E-state index in [4.69, 9.17) is 0 Å². The molecule has 0 saturated heterocycles. The summed E-state index contributed by atoms with van der Waals surface area (Å²) in [7, 11) is 0. The number of hydrogen-bond acceptors (Lipinski definition) is 2. The summed E-state index contributed by atoms with van der Waals surface area (Å²) in [6, 6.07) is 2.34. The molecule has 2 heterocycles. The quantitative estimate of drug-likeness (QED) is 0.830. The Labute approximate surface area is 121 Å². The first-order chi connectivity index (χ1) is 8.65. The van der Waals surface area contributed by atoms with E-state index in [0.717, 1.165) is 10.2 Å². The van der Waals surface area contributed by atoms with Crippen LogP contribution in [0.2, 0.25) is 0 Å². The molecular weight excluding hydrogens is 362 g/mol. The second kappa shape index (κ2) is 4.66. The molecule has 3 rings (SSSR count). The molecule has 0 aliphatic heterocycles. The van der Waals surface area contributed by atoms with Gasteiger partial charge in [0.2, 0.25) is 0 Å². The van der Waals surface area contributed by atoms with E-state index in [1.54, 1.807) is 16.8 Å². The van der Waals surface area contributed by atoms with Gasteiger partial charge >= 0.3 is 0 Å². The maximum atomic E-state index is 12.0. The predicted octanol–water partition coefficient (Wildman–Crippen LogP) is 2.95. The van der Waals surface area contributed by atoms with Crippen LogP contribution in [-0.4, -0.2) is 14.1 Å². The Balaban J connectivity index is 1.97. The van der Waals surface area contributed by atoms with Crippen molar-refractivity contribution in [1.29, 1.82) is 0 Å². The molecule has 94 valence electrons. The third-order valence-electron chi connectivity index (χ3n) is 3.03. The number of hydrogen-bond donors (Lipinski definition) is 0. The van der Waals surface area contributed by atoms with Crippen LogP contribution in [0, 0.1) is 0 Å². The van der Waals surface area contributed by atoms with Crippen LogP contribution in [0.5, 0.6) is 0 Å². The summed E-state index contributed by atoms with van der Waals surface area (Å²) >= 11 is 6.67. The number of halogens is 2. The van der Waals surface area contributed by atoms with E-state index in [1.165, 1.54) is 12.8 Å². The summed E-state index contributed by atoms with van der Waals surface area (Å²) in [4.78, 5) is 16.2. The van der Waals surface area contributed by atoms with E-state index in [9.17, 15) is 4.79 Å². The van der Waals surface area contributed by atoms with Crippen LogP contribution in [0.15, 0.2) is 38.5 Å². The van der Waals surface area contributed by atoms with Crippen molar-refractivity contribution in [2.24, 2.45) is 0 Å². The molecule has 1 fully saturated rings. The highest BCUT2D eigenvalue weighted by atomic mass is 79.9. The molecule has 0 unspecified atom stereocenters. The lowest BCUT2D eigenvalue weighted by Gasteiger charge is -2.09. The zero-order valence-corrected chi connectivity index (χ0v) is 12.7. The van der Waals surface area contributed by atoms with Gasteiger partial charge in [-0.25, -0.2) is 4.98 Å². The third-order valence-corrected chi connectivity index (χ3v) is 4.03. The van der Waals surface area contributed by atoms with Gasteiger partial charge in [0.15, 0.2) is 0 Å². The van der Waals surface area contributed by atoms with Gasteiger partial charge in [0.05, 0.1) is 23.0 Å². The Morgan fingerprint density at radius 3 is 2.89 bits per heavy atom. The smallest absolute Gasteiger partial charge is 0.265 e. The van der Waals surface area contributed by atoms with Crippen LogP contribution in [-0.2, 0) is 6.54 Å². The Hall–Kier alpha value is -0.880. The molecule has 0 aromatic carbocycles. The van der Waals surface area contributed by atoms with E-state index < -0.39 is 0 Å². The van der Waals surface area contributed by atoms with Gasteiger partial charge in [0.1, 0.15) is 0 Å². The number of imidazole rings is 1. The molecule has 0 bridgehead atoms. The van der Waals surface area contributed by atoms with Gasteiger partial charge in [-0.3, -0.25) is 4.79 Å². The van der Waals surface area contributed by atoms with Crippen LogP contribution in [0.25, 0.3) is 0 Å². The summed E-state index contributed by atoms with van der Waals surface area (Å²) in [5.74, 6) is 0. The second-order valence-electron chi connectivity index (χ2n) is 4.46. The summed E-state index contributed by atoms with van der Waals surface area (Å²) in [5, 5.41) is 0. The average Bonchev–Trinajstić information content (AvgIpc) is 3.07. The van der Waals surface area contributed by atoms with E-state index in [0.29, 0.717) is 17.1 Å². The molecule has 0 amide bonds. The van der Waals surface area contributed by atoms with E-state index in [1.807, 2.05) is 12.5 Å². The first kappa shape index (κ1) is 12.2. The van der Waals surface area contributed by atoms with Crippen LogP contribution in [0.1, 0.15) is 24.6 Å². The van der Waals surface area contributed by atoms with Crippen LogP contribution < -0.4 is 5.56 Å². The molecular formula is C12H11Br2N3O. The normalized spacial score (nSPS) is 15.0. The molecule has 0 spiro atoms. The Morgan fingerprint density at radius 1 is 1.39 bits per heavy atom. The maximum Gasteiger partial charge on any atom is 0.265 e. The minimum absolute atomic E-state index is 0.0262. The molecule has 0 N–H and O–H groups in total. The minimum atomic E-state index is -0.0262. The lowest BCUT2D eigenvalue weighted by molar-refractivity contribution is 0.643. The van der Waals surface area contributed by atoms with Crippen molar-refractivity contribution in [2.45, 2.75) is 25.4 Å². The van der Waals surface area contributed by atoms with Gasteiger partial charge in [-0.15, -0.1) is 0 Å². The van der Waals surface area contributed by atoms with Crippen molar-refractivity contribution in [1.82, 2.24) is 14.1 Å². The zero-order valence-electron chi connectivity index (χ0n) is 9.51. The predicted molar refractivity (Wildman–Crippen MR) is 75.7 cm³/mol. The average molecular weight is 373 g/mol. The summed E-state index contributed by atoms with van der Waals surface area (Å²) in [6.07, 6.45) is 7.91. The molecule has 1 aliphatic rings. The van der Waals surface area contributed by atoms with E-state index in [-0.39, 0.29) is 5.56 Å². The Kier molecular flexibility index (Phi) is 3.15. The van der Waals surface area contributed by atoms with E-state index >= 15 is 0 Å². The van der Waals surface area contributed by atoms with Crippen LogP contribution >= 0.6 is 31.9 Å². The number of pyridine rings is 1. The summed E-state index contributed by atoms with van der Waals surface area (Å²) in [6.45, 7) is 0.549. The van der Waals surface area contributed by atoms with Crippen molar-refractivity contribution >= 4 is 31.9 Å². The molecule has 2 aromatic rings. The second-order valence-corrected chi connectivity index (χ2v) is 6.23. The zero-order chi connectivity index (χ0) is 12.7. The largest absolute Gasteiger partial charge is 0.330 e. The topological polar surface area (TPSA) is 39.8 Å². The standard InChI is InChI=1S/C12H11Br2N3O/c13-8-3-11(14)12(18)16(5-8)6-10-4-15-7-17(10)9-1-2-9/h3-5,7,9H,1-2,6H2. The molecule has 0 radical (unpaired) electrons. The van der Waals surface area contributed by atoms with Crippen molar-refractivity contribution in [3.63, 3.8) is 0 Å². The number of aromatic nitrogens is 3. The highest BCUT2D eigenvalue weighted by molar-refractivity contribution is 9.11. The fourth-order valence-corrected chi connectivity index (χ4v) is 3.25. The third kappa shape index (κ3) is 2.31. The van der Waals surface area contributed by atoms with Gasteiger partial charge in [-0.1, -0.05) is 0 Å². The molecule has 0 atom stereocenters. The van der Waals surface area contributed by atoms with Gasteiger partial charge in [-0.05, 0) is 50.8 Å². The monoisotopic (exact) mass is 371 g/mol. The van der Waals surface area contributed by atoms with E-state index in [2.05, 4.69) is 41.4 Å². The molecule has 6 heteroatoms. The Bertz CT molecular complexity index is 643. The van der Waals surface area contributed by atoms with Crippen molar-refractivity contribution < 1.29 is 0 Å². The first-order valence-electron chi connectivity index (χ1n) is 5.71. The van der Waals surface area contributed by atoms with Crippen molar-refractivity contribution in [3.05, 3.63) is 49.8 Å². The number of nitrogens with zero attached hydrogens (tertiary/aromatic N) is 3. The van der Waals surface area contributed by atoms with Crippen LogP contribution in [0.3, 0.4) is 0 Å². The summed E-state index contributed by atoms with van der Waals surface area (Å²) in [5.41, 5.74) is 1.05. The molecule has 1 saturated carbocycles. The summed E-state index contributed by atoms with van der Waals surface area (Å²) < 4.78 is 5.30. The first-order valence-corrected chi connectivity index (χ1v) is 7.30. The minimum Gasteiger partial charge on any atom is -0.330 e. The highest BCUT2D eigenvalue weighted by Gasteiger charge is 2.25. The molecule has 18 heavy (non-hydrogen) atoms. The Morgan fingerprint density at radius 2 is 2.17 bits per heavy atom. The lowest BCUT2D eigenvalue weighted by Crippen LogP contribution is -2.21. The van der Waals surface area contributed by atoms with Gasteiger partial charge in [0.25, 0.3) is 5.56 Å².